The number of hydrogen-bond acceptors (Lipinski definition) is 4. The normalized spacial score (nSPS) is 25.1. The van der Waals surface area contributed by atoms with Crippen LogP contribution in [0.5, 0.6) is 5.75 Å². The maximum Gasteiger partial charge on any atom is 0.128 e. The SMILES string of the molecule is OC(c1cccc2c1OCCC2)C1CSCCO1. The van der Waals surface area contributed by atoms with Crippen LogP contribution in [0.1, 0.15) is 23.7 Å². The van der Waals surface area contributed by atoms with Crippen molar-refractivity contribution in [2.24, 2.45) is 0 Å². The first kappa shape index (κ1) is 12.3. The summed E-state index contributed by atoms with van der Waals surface area (Å²) < 4.78 is 11.4. The molecule has 2 atom stereocenters. The average Bonchev–Trinajstić information content (AvgIpc) is 2.47. The number of thioether (sulfide) groups is 1. The maximum absolute atomic E-state index is 10.5. The van der Waals surface area contributed by atoms with Crippen LogP contribution in [0.2, 0.25) is 0 Å². The molecule has 1 aromatic carbocycles. The molecule has 2 aliphatic rings. The van der Waals surface area contributed by atoms with Crippen LogP contribution < -0.4 is 4.74 Å². The highest BCUT2D eigenvalue weighted by atomic mass is 32.2. The lowest BCUT2D eigenvalue weighted by atomic mass is 9.97. The summed E-state index contributed by atoms with van der Waals surface area (Å²) in [5.74, 6) is 2.76. The van der Waals surface area contributed by atoms with Gasteiger partial charge in [-0.25, -0.2) is 0 Å². The monoisotopic (exact) mass is 266 g/mol. The van der Waals surface area contributed by atoms with Gasteiger partial charge in [0.05, 0.1) is 19.3 Å². The van der Waals surface area contributed by atoms with Crippen molar-refractivity contribution in [1.82, 2.24) is 0 Å². The van der Waals surface area contributed by atoms with Gasteiger partial charge < -0.3 is 14.6 Å². The van der Waals surface area contributed by atoms with E-state index in [1.165, 1.54) is 5.56 Å². The molecule has 1 fully saturated rings. The van der Waals surface area contributed by atoms with E-state index in [1.807, 2.05) is 23.9 Å². The van der Waals surface area contributed by atoms with Crippen molar-refractivity contribution < 1.29 is 14.6 Å². The second-order valence-electron chi connectivity index (χ2n) is 4.72. The molecule has 2 aliphatic heterocycles. The van der Waals surface area contributed by atoms with Crippen molar-refractivity contribution in [2.45, 2.75) is 25.0 Å². The van der Waals surface area contributed by atoms with E-state index in [0.29, 0.717) is 0 Å². The summed E-state index contributed by atoms with van der Waals surface area (Å²) in [6.45, 7) is 1.47. The third-order valence-corrected chi connectivity index (χ3v) is 4.50. The number of aliphatic hydroxyl groups excluding tert-OH is 1. The summed E-state index contributed by atoms with van der Waals surface area (Å²) in [7, 11) is 0. The van der Waals surface area contributed by atoms with Gasteiger partial charge in [0.1, 0.15) is 11.9 Å². The topological polar surface area (TPSA) is 38.7 Å². The van der Waals surface area contributed by atoms with Gasteiger partial charge in [-0.15, -0.1) is 0 Å². The number of fused-ring (bicyclic) bond motifs is 1. The smallest absolute Gasteiger partial charge is 0.128 e. The molecule has 0 amide bonds. The van der Waals surface area contributed by atoms with Gasteiger partial charge in [0.25, 0.3) is 0 Å². The van der Waals surface area contributed by atoms with E-state index in [0.717, 1.165) is 48.9 Å². The fraction of sp³-hybridized carbons (Fsp3) is 0.571. The molecule has 0 aromatic heterocycles. The molecule has 3 rings (SSSR count). The molecule has 2 unspecified atom stereocenters. The fourth-order valence-corrected chi connectivity index (χ4v) is 3.43. The minimum atomic E-state index is -0.578. The molecule has 18 heavy (non-hydrogen) atoms. The number of para-hydroxylation sites is 1. The molecule has 1 N–H and O–H groups in total. The van der Waals surface area contributed by atoms with Gasteiger partial charge in [0, 0.05) is 17.1 Å². The molecule has 98 valence electrons. The molecule has 2 heterocycles. The van der Waals surface area contributed by atoms with E-state index in [9.17, 15) is 5.11 Å². The Labute approximate surface area is 111 Å². The van der Waals surface area contributed by atoms with Crippen LogP contribution in [0.25, 0.3) is 0 Å². The van der Waals surface area contributed by atoms with E-state index in [4.69, 9.17) is 9.47 Å². The number of benzene rings is 1. The lowest BCUT2D eigenvalue weighted by molar-refractivity contribution is -0.0239. The predicted molar refractivity (Wildman–Crippen MR) is 72.3 cm³/mol. The van der Waals surface area contributed by atoms with Gasteiger partial charge in [-0.3, -0.25) is 0 Å². The lowest BCUT2D eigenvalue weighted by Crippen LogP contribution is -2.30. The summed E-state index contributed by atoms with van der Waals surface area (Å²) in [5.41, 5.74) is 2.10. The molecular formula is C14H18O3S. The largest absolute Gasteiger partial charge is 0.493 e. The standard InChI is InChI=1S/C14H18O3S/c15-13(12-9-18-8-7-16-12)11-5-1-3-10-4-2-6-17-14(10)11/h1,3,5,12-13,15H,2,4,6-9H2. The Morgan fingerprint density at radius 3 is 3.11 bits per heavy atom. The highest BCUT2D eigenvalue weighted by Gasteiger charge is 2.28. The van der Waals surface area contributed by atoms with E-state index >= 15 is 0 Å². The summed E-state index contributed by atoms with van der Waals surface area (Å²) >= 11 is 1.84. The van der Waals surface area contributed by atoms with Crippen molar-refractivity contribution in [3.8, 4) is 5.75 Å². The zero-order valence-electron chi connectivity index (χ0n) is 10.3. The summed E-state index contributed by atoms with van der Waals surface area (Å²) in [6, 6.07) is 6.04. The zero-order chi connectivity index (χ0) is 12.4. The quantitative estimate of drug-likeness (QED) is 0.890. The van der Waals surface area contributed by atoms with Gasteiger partial charge in [-0.05, 0) is 18.4 Å². The Kier molecular flexibility index (Phi) is 3.77. The number of ether oxygens (including phenoxy) is 2. The first-order valence-electron chi connectivity index (χ1n) is 6.48. The highest BCUT2D eigenvalue weighted by Crippen LogP contribution is 2.36. The molecule has 0 aliphatic carbocycles. The molecular weight excluding hydrogens is 248 g/mol. The molecule has 0 bridgehead atoms. The summed E-state index contributed by atoms with van der Waals surface area (Å²) in [6.07, 6.45) is 1.41. The third-order valence-electron chi connectivity index (χ3n) is 3.48. The molecule has 3 nitrogen and oxygen atoms in total. The van der Waals surface area contributed by atoms with Gasteiger partial charge >= 0.3 is 0 Å². The van der Waals surface area contributed by atoms with Gasteiger partial charge in [-0.2, -0.15) is 11.8 Å². The van der Waals surface area contributed by atoms with E-state index in [-0.39, 0.29) is 6.10 Å². The van der Waals surface area contributed by atoms with Gasteiger partial charge in [-0.1, -0.05) is 18.2 Å². The number of aryl methyl sites for hydroxylation is 1. The van der Waals surface area contributed by atoms with Crippen molar-refractivity contribution in [3.63, 3.8) is 0 Å². The Morgan fingerprint density at radius 1 is 1.33 bits per heavy atom. The molecule has 1 aromatic rings. The van der Waals surface area contributed by atoms with Crippen LogP contribution in [0, 0.1) is 0 Å². The Morgan fingerprint density at radius 2 is 2.28 bits per heavy atom. The van der Waals surface area contributed by atoms with Crippen LogP contribution in [-0.4, -0.2) is 35.9 Å². The molecule has 1 saturated heterocycles. The van der Waals surface area contributed by atoms with Crippen LogP contribution in [0.4, 0.5) is 0 Å². The van der Waals surface area contributed by atoms with Crippen molar-refractivity contribution in [3.05, 3.63) is 29.3 Å². The second-order valence-corrected chi connectivity index (χ2v) is 5.87. The van der Waals surface area contributed by atoms with Crippen molar-refractivity contribution in [1.29, 1.82) is 0 Å². The Bertz CT molecular complexity index is 416. The maximum atomic E-state index is 10.5. The summed E-state index contributed by atoms with van der Waals surface area (Å²) in [4.78, 5) is 0. The average molecular weight is 266 g/mol. The lowest BCUT2D eigenvalue weighted by Gasteiger charge is -2.29. The van der Waals surface area contributed by atoms with E-state index < -0.39 is 6.10 Å². The third kappa shape index (κ3) is 2.37. The summed E-state index contributed by atoms with van der Waals surface area (Å²) in [5, 5.41) is 10.5. The first-order chi connectivity index (χ1) is 8.86. The van der Waals surface area contributed by atoms with Gasteiger partial charge in [0.2, 0.25) is 0 Å². The minimum absolute atomic E-state index is 0.110. The highest BCUT2D eigenvalue weighted by molar-refractivity contribution is 7.99. The van der Waals surface area contributed by atoms with E-state index in [2.05, 4.69) is 6.07 Å². The number of aliphatic hydroxyl groups is 1. The molecule has 0 saturated carbocycles. The number of rotatable bonds is 2. The van der Waals surface area contributed by atoms with Crippen LogP contribution in [0.15, 0.2) is 18.2 Å². The molecule has 0 radical (unpaired) electrons. The minimum Gasteiger partial charge on any atom is -0.493 e. The zero-order valence-corrected chi connectivity index (χ0v) is 11.1. The molecule has 4 heteroatoms. The number of hydrogen-bond donors (Lipinski definition) is 1. The van der Waals surface area contributed by atoms with Crippen LogP contribution in [-0.2, 0) is 11.2 Å². The van der Waals surface area contributed by atoms with Crippen LogP contribution >= 0.6 is 11.8 Å². The molecule has 0 spiro atoms. The predicted octanol–water partition coefficient (Wildman–Crippen LogP) is 2.18. The Hall–Kier alpha value is -0.710. The van der Waals surface area contributed by atoms with Gasteiger partial charge in [0.15, 0.2) is 0 Å². The van der Waals surface area contributed by atoms with Crippen molar-refractivity contribution >= 4 is 11.8 Å². The Balaban J connectivity index is 1.86. The van der Waals surface area contributed by atoms with Crippen LogP contribution in [0.3, 0.4) is 0 Å². The second kappa shape index (κ2) is 5.51. The van der Waals surface area contributed by atoms with Crippen molar-refractivity contribution in [2.75, 3.05) is 24.7 Å². The first-order valence-corrected chi connectivity index (χ1v) is 7.64. The fourth-order valence-electron chi connectivity index (χ4n) is 2.54. The van der Waals surface area contributed by atoms with E-state index in [1.54, 1.807) is 0 Å².